The van der Waals surface area contributed by atoms with Crippen LogP contribution >= 0.6 is 0 Å². The molecule has 26 heavy (non-hydrogen) atoms. The Morgan fingerprint density at radius 2 is 1.88 bits per heavy atom. The molecule has 0 fully saturated rings. The molecule has 0 aliphatic rings. The highest BCUT2D eigenvalue weighted by atomic mass is 17.0. The molecule has 2 aromatic rings. The second-order valence-electron chi connectivity index (χ2n) is 4.83. The molecule has 0 saturated carbocycles. The Morgan fingerprint density at radius 3 is 2.42 bits per heavy atom. The molecule has 11 nitrogen and oxygen atoms in total. The lowest BCUT2D eigenvalue weighted by molar-refractivity contribution is -0.770. The summed E-state index contributed by atoms with van der Waals surface area (Å²) >= 11 is 0. The van der Waals surface area contributed by atoms with E-state index in [0.717, 1.165) is 0 Å². The smallest absolute Gasteiger partial charge is 0.295 e. The third-order valence-corrected chi connectivity index (χ3v) is 3.23. The van der Waals surface area contributed by atoms with Crippen molar-refractivity contribution in [1.29, 1.82) is 5.26 Å². The van der Waals surface area contributed by atoms with Gasteiger partial charge in [0.1, 0.15) is 5.84 Å². The first kappa shape index (κ1) is 18.3. The molecule has 0 saturated heterocycles. The van der Waals surface area contributed by atoms with Crippen molar-refractivity contribution >= 4 is 11.5 Å². The maximum atomic E-state index is 10.7. The lowest BCUT2D eigenvalue weighted by Gasteiger charge is -2.14. The molecule has 1 aromatic carbocycles. The minimum absolute atomic E-state index is 0.152. The summed E-state index contributed by atoms with van der Waals surface area (Å²) < 4.78 is 0. The fourth-order valence-electron chi connectivity index (χ4n) is 2.05. The van der Waals surface area contributed by atoms with Gasteiger partial charge in [0.2, 0.25) is 0 Å². The predicted molar refractivity (Wildman–Crippen MR) is 88.3 cm³/mol. The Balaban J connectivity index is 2.27. The Hall–Kier alpha value is -4.07. The molecule has 0 aliphatic carbocycles. The van der Waals surface area contributed by atoms with Crippen LogP contribution in [-0.4, -0.2) is 27.4 Å². The van der Waals surface area contributed by atoms with E-state index in [1.54, 1.807) is 18.3 Å². The average molecular weight is 356 g/mol. The normalized spacial score (nSPS) is 11.9. The Labute approximate surface area is 146 Å². The summed E-state index contributed by atoms with van der Waals surface area (Å²) in [6, 6.07) is 8.35. The molecule has 11 heteroatoms. The van der Waals surface area contributed by atoms with E-state index in [0.29, 0.717) is 11.1 Å². The van der Waals surface area contributed by atoms with Gasteiger partial charge >= 0.3 is 0 Å². The van der Waals surface area contributed by atoms with Gasteiger partial charge in [-0.1, -0.05) is 0 Å². The summed E-state index contributed by atoms with van der Waals surface area (Å²) in [6.07, 6.45) is 3.66. The van der Waals surface area contributed by atoms with Crippen molar-refractivity contribution in [3.05, 3.63) is 80.1 Å². The van der Waals surface area contributed by atoms with Crippen LogP contribution in [0.25, 0.3) is 0 Å². The lowest BCUT2D eigenvalue weighted by Crippen LogP contribution is -2.21. The molecule has 1 atom stereocenters. The van der Waals surface area contributed by atoms with E-state index < -0.39 is 16.1 Å². The van der Waals surface area contributed by atoms with Gasteiger partial charge in [0, 0.05) is 30.1 Å². The number of rotatable bonds is 7. The Bertz CT molecular complexity index is 847. The van der Waals surface area contributed by atoms with E-state index in [1.165, 1.54) is 36.7 Å². The summed E-state index contributed by atoms with van der Waals surface area (Å²) in [5, 5.41) is 31.7. The molecule has 1 unspecified atom stereocenters. The van der Waals surface area contributed by atoms with Crippen molar-refractivity contribution in [2.24, 2.45) is 4.99 Å². The van der Waals surface area contributed by atoms with Crippen molar-refractivity contribution in [3.63, 3.8) is 0 Å². The van der Waals surface area contributed by atoms with Crippen molar-refractivity contribution in [2.75, 3.05) is 6.54 Å². The average Bonchev–Trinajstić information content (AvgIpc) is 2.64. The number of nitrogens with one attached hydrogen (secondary N) is 1. The maximum Gasteiger partial charge on any atom is 0.295 e. The van der Waals surface area contributed by atoms with Gasteiger partial charge < -0.3 is 4.84 Å². The van der Waals surface area contributed by atoms with Gasteiger partial charge in [-0.05, 0) is 29.8 Å². The number of nitro groups is 1. The number of benzene rings is 1. The minimum atomic E-state index is -1.09. The summed E-state index contributed by atoms with van der Waals surface area (Å²) in [5.74, 6) is 0.189. The molecule has 1 aromatic heterocycles. The molecule has 0 spiro atoms. The van der Waals surface area contributed by atoms with E-state index in [2.05, 4.69) is 20.1 Å². The highest BCUT2D eigenvalue weighted by Gasteiger charge is 2.18. The Kier molecular flexibility index (Phi) is 6.11. The van der Waals surface area contributed by atoms with Crippen LogP contribution in [0.2, 0.25) is 0 Å². The number of nitrogens with zero attached hydrogens (tertiary/aromatic N) is 5. The zero-order valence-corrected chi connectivity index (χ0v) is 13.2. The summed E-state index contributed by atoms with van der Waals surface area (Å²) in [7, 11) is 0. The fraction of sp³-hybridized carbons (Fsp3) is 0.133. The van der Waals surface area contributed by atoms with Crippen molar-refractivity contribution in [2.45, 2.75) is 6.10 Å². The first-order valence-corrected chi connectivity index (χ1v) is 7.16. The number of aliphatic imine (C=N–C) groups is 1. The van der Waals surface area contributed by atoms with Crippen LogP contribution in [0.1, 0.15) is 17.2 Å². The SMILES string of the molecule is N#CNC(=NCC(O[N+](=O)[O-])c1ccc([N+](=O)[O-])cc1)c1ccncc1. The van der Waals surface area contributed by atoms with E-state index in [1.807, 2.05) is 0 Å². The molecule has 0 aliphatic heterocycles. The van der Waals surface area contributed by atoms with Gasteiger partial charge in [-0.3, -0.25) is 25.4 Å². The standard InChI is InChI=1S/C15H12N6O5/c16-10-19-15(12-5-7-17-8-6-12)18-9-14(26-21(24)25)11-1-3-13(4-2-11)20(22)23/h1-8,14H,9H2,(H,18,19). The largest absolute Gasteiger partial charge is 0.304 e. The topological polar surface area (TPSA) is 157 Å². The van der Waals surface area contributed by atoms with Crippen molar-refractivity contribution in [3.8, 4) is 6.19 Å². The molecular formula is C15H12N6O5. The van der Waals surface area contributed by atoms with Gasteiger partial charge in [0.25, 0.3) is 10.8 Å². The van der Waals surface area contributed by atoms with Crippen LogP contribution in [0.15, 0.2) is 53.8 Å². The zero-order chi connectivity index (χ0) is 18.9. The molecule has 1 heterocycles. The number of amidine groups is 1. The molecule has 2 rings (SSSR count). The highest BCUT2D eigenvalue weighted by molar-refractivity contribution is 5.99. The summed E-state index contributed by atoms with van der Waals surface area (Å²) in [6.45, 7) is -0.189. The Morgan fingerprint density at radius 1 is 1.23 bits per heavy atom. The molecule has 0 amide bonds. The zero-order valence-electron chi connectivity index (χ0n) is 13.2. The van der Waals surface area contributed by atoms with Gasteiger partial charge in [-0.15, -0.1) is 10.1 Å². The number of aromatic nitrogens is 1. The van der Waals surface area contributed by atoms with Gasteiger partial charge in [0.15, 0.2) is 12.3 Å². The fourth-order valence-corrected chi connectivity index (χ4v) is 2.05. The second kappa shape index (κ2) is 8.69. The third kappa shape index (κ3) is 4.96. The predicted octanol–water partition coefficient (Wildman–Crippen LogP) is 1.76. The molecule has 1 N–H and O–H groups in total. The number of pyridine rings is 1. The monoisotopic (exact) mass is 356 g/mol. The summed E-state index contributed by atoms with van der Waals surface area (Å²) in [4.78, 5) is 33.5. The van der Waals surface area contributed by atoms with Crippen LogP contribution in [0.4, 0.5) is 5.69 Å². The number of hydrogen-bond donors (Lipinski definition) is 1. The van der Waals surface area contributed by atoms with Crippen LogP contribution < -0.4 is 5.32 Å². The first-order chi connectivity index (χ1) is 12.5. The van der Waals surface area contributed by atoms with E-state index in [9.17, 15) is 20.2 Å². The van der Waals surface area contributed by atoms with Gasteiger partial charge in [0.05, 0.1) is 11.5 Å². The third-order valence-electron chi connectivity index (χ3n) is 3.23. The number of nitriles is 1. The van der Waals surface area contributed by atoms with Gasteiger partial charge in [-0.25, -0.2) is 0 Å². The molecule has 0 bridgehead atoms. The molecule has 132 valence electrons. The number of hydrogen-bond acceptors (Lipinski definition) is 8. The second-order valence-corrected chi connectivity index (χ2v) is 4.83. The lowest BCUT2D eigenvalue weighted by atomic mass is 10.1. The van der Waals surface area contributed by atoms with E-state index in [-0.39, 0.29) is 18.1 Å². The molecular weight excluding hydrogens is 344 g/mol. The van der Waals surface area contributed by atoms with Crippen LogP contribution in [0, 0.1) is 31.7 Å². The van der Waals surface area contributed by atoms with Crippen molar-refractivity contribution < 1.29 is 14.8 Å². The van der Waals surface area contributed by atoms with Gasteiger partial charge in [-0.2, -0.15) is 5.26 Å². The van der Waals surface area contributed by atoms with Crippen LogP contribution in [0.3, 0.4) is 0 Å². The highest BCUT2D eigenvalue weighted by Crippen LogP contribution is 2.21. The molecule has 0 radical (unpaired) electrons. The van der Waals surface area contributed by atoms with E-state index >= 15 is 0 Å². The van der Waals surface area contributed by atoms with Crippen LogP contribution in [-0.2, 0) is 4.84 Å². The maximum absolute atomic E-state index is 10.7. The summed E-state index contributed by atoms with van der Waals surface area (Å²) in [5.41, 5.74) is 0.743. The van der Waals surface area contributed by atoms with E-state index in [4.69, 9.17) is 5.26 Å². The number of nitro benzene ring substituents is 1. The first-order valence-electron chi connectivity index (χ1n) is 7.16. The number of non-ortho nitro benzene ring substituents is 1. The quantitative estimate of drug-likeness (QED) is 0.196. The van der Waals surface area contributed by atoms with Crippen molar-refractivity contribution in [1.82, 2.24) is 10.3 Å². The van der Waals surface area contributed by atoms with Crippen LogP contribution in [0.5, 0.6) is 0 Å². The minimum Gasteiger partial charge on any atom is -0.304 e.